The number of aliphatic hydroxyl groups is 1. The van der Waals surface area contributed by atoms with Crippen molar-refractivity contribution in [3.05, 3.63) is 0 Å². The van der Waals surface area contributed by atoms with Gasteiger partial charge in [0.05, 0.1) is 13.2 Å². The summed E-state index contributed by atoms with van der Waals surface area (Å²) in [4.78, 5) is 12.0. The zero-order valence-corrected chi connectivity index (χ0v) is 11.1. The molecule has 0 atom stereocenters. The molecule has 4 fully saturated rings. The SMILES string of the molecule is O=C(COCCO)CC12CC3CC(CC(C3)C1)C2. The Morgan fingerprint density at radius 1 is 1.11 bits per heavy atom. The van der Waals surface area contributed by atoms with Crippen LogP contribution in [0.25, 0.3) is 0 Å². The van der Waals surface area contributed by atoms with E-state index in [4.69, 9.17) is 9.84 Å². The van der Waals surface area contributed by atoms with Crippen molar-refractivity contribution < 1.29 is 14.6 Å². The molecule has 18 heavy (non-hydrogen) atoms. The quantitative estimate of drug-likeness (QED) is 0.737. The van der Waals surface area contributed by atoms with Gasteiger partial charge in [0.1, 0.15) is 6.61 Å². The van der Waals surface area contributed by atoms with Crippen LogP contribution < -0.4 is 0 Å². The first kappa shape index (κ1) is 12.6. The zero-order valence-electron chi connectivity index (χ0n) is 11.1. The Balaban J connectivity index is 1.57. The molecule has 0 unspecified atom stereocenters. The summed E-state index contributed by atoms with van der Waals surface area (Å²) < 4.78 is 5.16. The number of carbonyl (C=O) groups is 1. The third-order valence-electron chi connectivity index (χ3n) is 5.24. The van der Waals surface area contributed by atoms with Gasteiger partial charge in [-0.15, -0.1) is 0 Å². The van der Waals surface area contributed by atoms with Crippen molar-refractivity contribution in [3.8, 4) is 0 Å². The van der Waals surface area contributed by atoms with Gasteiger partial charge in [0, 0.05) is 6.42 Å². The van der Waals surface area contributed by atoms with Crippen LogP contribution in [0.15, 0.2) is 0 Å². The monoisotopic (exact) mass is 252 g/mol. The van der Waals surface area contributed by atoms with Gasteiger partial charge in [0.25, 0.3) is 0 Å². The van der Waals surface area contributed by atoms with Gasteiger partial charge in [-0.3, -0.25) is 4.79 Å². The van der Waals surface area contributed by atoms with Crippen molar-refractivity contribution in [2.24, 2.45) is 23.2 Å². The minimum Gasteiger partial charge on any atom is -0.394 e. The number of hydrogen-bond donors (Lipinski definition) is 1. The van der Waals surface area contributed by atoms with E-state index in [0.29, 0.717) is 5.41 Å². The van der Waals surface area contributed by atoms with Gasteiger partial charge < -0.3 is 9.84 Å². The number of Topliss-reactive ketones (excluding diaryl/α,β-unsaturated/α-hetero) is 1. The first-order valence-electron chi connectivity index (χ1n) is 7.39. The second-order valence-corrected chi connectivity index (χ2v) is 6.91. The van der Waals surface area contributed by atoms with E-state index in [1.54, 1.807) is 0 Å². The lowest BCUT2D eigenvalue weighted by Crippen LogP contribution is -2.47. The molecule has 0 aliphatic heterocycles. The van der Waals surface area contributed by atoms with Crippen molar-refractivity contribution in [1.82, 2.24) is 0 Å². The summed E-state index contributed by atoms with van der Waals surface area (Å²) in [6.07, 6.45) is 8.85. The van der Waals surface area contributed by atoms with E-state index in [2.05, 4.69) is 0 Å². The zero-order chi connectivity index (χ0) is 12.6. The second kappa shape index (κ2) is 4.93. The Morgan fingerprint density at radius 2 is 1.67 bits per heavy atom. The molecule has 0 heterocycles. The maximum absolute atomic E-state index is 12.0. The van der Waals surface area contributed by atoms with Gasteiger partial charge in [-0.2, -0.15) is 0 Å². The normalized spacial score (nSPS) is 41.3. The Kier molecular flexibility index (Phi) is 3.46. The van der Waals surface area contributed by atoms with E-state index in [1.165, 1.54) is 38.5 Å². The van der Waals surface area contributed by atoms with E-state index in [0.717, 1.165) is 24.2 Å². The maximum Gasteiger partial charge on any atom is 0.159 e. The van der Waals surface area contributed by atoms with Gasteiger partial charge in [-0.25, -0.2) is 0 Å². The largest absolute Gasteiger partial charge is 0.394 e. The number of carbonyl (C=O) groups excluding carboxylic acids is 1. The lowest BCUT2D eigenvalue weighted by atomic mass is 9.48. The summed E-state index contributed by atoms with van der Waals surface area (Å²) in [6, 6.07) is 0. The first-order chi connectivity index (χ1) is 8.69. The van der Waals surface area contributed by atoms with Crippen LogP contribution in [0.4, 0.5) is 0 Å². The minimum absolute atomic E-state index is 0.00461. The minimum atomic E-state index is 0.00461. The van der Waals surface area contributed by atoms with Gasteiger partial charge in [-0.1, -0.05) is 0 Å². The van der Waals surface area contributed by atoms with Gasteiger partial charge in [0.15, 0.2) is 5.78 Å². The summed E-state index contributed by atoms with van der Waals surface area (Å²) in [5.41, 5.74) is 0.328. The van der Waals surface area contributed by atoms with E-state index in [9.17, 15) is 4.79 Å². The van der Waals surface area contributed by atoms with Crippen LogP contribution in [0.1, 0.15) is 44.9 Å². The van der Waals surface area contributed by atoms with E-state index in [1.807, 2.05) is 0 Å². The highest BCUT2D eigenvalue weighted by molar-refractivity contribution is 5.80. The summed E-state index contributed by atoms with van der Waals surface area (Å²) >= 11 is 0. The third kappa shape index (κ3) is 2.48. The molecule has 4 aliphatic carbocycles. The summed E-state index contributed by atoms with van der Waals surface area (Å²) in [7, 11) is 0. The average Bonchev–Trinajstić information content (AvgIpc) is 2.26. The Morgan fingerprint density at radius 3 is 2.17 bits per heavy atom. The molecule has 0 saturated heterocycles. The van der Waals surface area contributed by atoms with Crippen molar-refractivity contribution in [2.75, 3.05) is 19.8 Å². The topological polar surface area (TPSA) is 46.5 Å². The van der Waals surface area contributed by atoms with Gasteiger partial charge in [-0.05, 0) is 61.7 Å². The molecule has 4 saturated carbocycles. The Bertz CT molecular complexity index is 288. The predicted molar refractivity (Wildman–Crippen MR) is 68.1 cm³/mol. The lowest BCUT2D eigenvalue weighted by molar-refractivity contribution is -0.132. The van der Waals surface area contributed by atoms with Crippen LogP contribution in [0.3, 0.4) is 0 Å². The standard InChI is InChI=1S/C15H24O3/c16-1-2-18-10-14(17)9-15-6-11-3-12(7-15)5-13(4-11)8-15/h11-13,16H,1-10H2. The summed E-state index contributed by atoms with van der Waals surface area (Å²) in [5, 5.41) is 8.65. The number of ether oxygens (including phenoxy) is 1. The second-order valence-electron chi connectivity index (χ2n) is 6.91. The number of aliphatic hydroxyl groups excluding tert-OH is 1. The van der Waals surface area contributed by atoms with Crippen molar-refractivity contribution >= 4 is 5.78 Å². The molecule has 4 aliphatic rings. The van der Waals surface area contributed by atoms with Crippen LogP contribution in [-0.2, 0) is 9.53 Å². The molecule has 3 nitrogen and oxygen atoms in total. The van der Waals surface area contributed by atoms with Crippen LogP contribution in [0.2, 0.25) is 0 Å². The van der Waals surface area contributed by atoms with Crippen molar-refractivity contribution in [2.45, 2.75) is 44.9 Å². The highest BCUT2D eigenvalue weighted by Crippen LogP contribution is 2.61. The van der Waals surface area contributed by atoms with Crippen LogP contribution in [0.5, 0.6) is 0 Å². The maximum atomic E-state index is 12.0. The van der Waals surface area contributed by atoms with Crippen LogP contribution in [-0.4, -0.2) is 30.7 Å². The molecular weight excluding hydrogens is 228 g/mol. The molecule has 0 spiro atoms. The molecule has 4 rings (SSSR count). The van der Waals surface area contributed by atoms with E-state index < -0.39 is 0 Å². The molecule has 0 aromatic rings. The highest BCUT2D eigenvalue weighted by atomic mass is 16.5. The summed E-state index contributed by atoms with van der Waals surface area (Å²) in [5.74, 6) is 2.96. The van der Waals surface area contributed by atoms with E-state index in [-0.39, 0.29) is 25.6 Å². The fourth-order valence-electron chi connectivity index (χ4n) is 5.23. The lowest BCUT2D eigenvalue weighted by Gasteiger charge is -2.56. The average molecular weight is 252 g/mol. The number of hydrogen-bond acceptors (Lipinski definition) is 3. The molecule has 0 radical (unpaired) electrons. The third-order valence-corrected chi connectivity index (χ3v) is 5.24. The Labute approximate surface area is 109 Å². The Hall–Kier alpha value is -0.410. The van der Waals surface area contributed by atoms with Crippen LogP contribution in [0, 0.1) is 23.2 Å². The molecular formula is C15H24O3. The molecule has 3 heteroatoms. The summed E-state index contributed by atoms with van der Waals surface area (Å²) in [6.45, 7) is 0.486. The molecule has 1 N–H and O–H groups in total. The fraction of sp³-hybridized carbons (Fsp3) is 0.933. The van der Waals surface area contributed by atoms with Crippen LogP contribution >= 0.6 is 0 Å². The van der Waals surface area contributed by atoms with Crippen molar-refractivity contribution in [1.29, 1.82) is 0 Å². The first-order valence-corrected chi connectivity index (χ1v) is 7.39. The smallest absolute Gasteiger partial charge is 0.159 e. The van der Waals surface area contributed by atoms with E-state index >= 15 is 0 Å². The number of rotatable bonds is 6. The molecule has 4 bridgehead atoms. The van der Waals surface area contributed by atoms with Gasteiger partial charge in [0.2, 0.25) is 0 Å². The molecule has 102 valence electrons. The highest BCUT2D eigenvalue weighted by Gasteiger charge is 2.51. The fourth-order valence-corrected chi connectivity index (χ4v) is 5.23. The van der Waals surface area contributed by atoms with Gasteiger partial charge >= 0.3 is 0 Å². The number of ketones is 1. The predicted octanol–water partition coefficient (Wildman–Crippen LogP) is 2.17. The van der Waals surface area contributed by atoms with Crippen molar-refractivity contribution in [3.63, 3.8) is 0 Å². The molecule has 0 amide bonds. The molecule has 0 aromatic carbocycles. The molecule has 0 aromatic heterocycles.